The fraction of sp³-hybridized carbons (Fsp3) is 0.941. The van der Waals surface area contributed by atoms with Crippen molar-refractivity contribution in [2.45, 2.75) is 83.6 Å². The van der Waals surface area contributed by atoms with Gasteiger partial charge in [0, 0.05) is 25.2 Å². The molecule has 5 heteroatoms. The van der Waals surface area contributed by atoms with Crippen LogP contribution in [0.2, 0.25) is 0 Å². The molecule has 0 aromatic carbocycles. The van der Waals surface area contributed by atoms with Crippen molar-refractivity contribution in [2.75, 3.05) is 19.7 Å². The molecule has 22 heavy (non-hydrogen) atoms. The van der Waals surface area contributed by atoms with Crippen LogP contribution in [0.15, 0.2) is 0 Å². The molecule has 0 heterocycles. The Bertz CT molecular complexity index is 357. The third kappa shape index (κ3) is 5.76. The molecular weight excluding hydrogens is 280 g/mol. The van der Waals surface area contributed by atoms with E-state index in [0.717, 1.165) is 51.8 Å². The van der Waals surface area contributed by atoms with Gasteiger partial charge in [-0.05, 0) is 66.3 Å². The van der Waals surface area contributed by atoms with E-state index in [-0.39, 0.29) is 6.09 Å². The molecule has 0 atom stereocenters. The number of carbonyl (C=O) groups excluding carboxylic acids is 1. The highest BCUT2D eigenvalue weighted by atomic mass is 16.6. The van der Waals surface area contributed by atoms with Gasteiger partial charge < -0.3 is 19.7 Å². The minimum Gasteiger partial charge on any atom is -0.444 e. The Labute approximate surface area is 134 Å². The highest BCUT2D eigenvalue weighted by Crippen LogP contribution is 2.28. The van der Waals surface area contributed by atoms with Gasteiger partial charge in [-0.25, -0.2) is 4.79 Å². The van der Waals surface area contributed by atoms with E-state index in [1.54, 1.807) is 0 Å². The second-order valence-electron chi connectivity index (χ2n) is 7.46. The molecule has 0 bridgehead atoms. The first kappa shape index (κ1) is 17.5. The molecule has 0 aromatic rings. The SMILES string of the molecule is CCOC1CC(NCCCN(C(=O)OC(C)(C)C)C2CC2)C1. The summed E-state index contributed by atoms with van der Waals surface area (Å²) in [6.45, 7) is 10.4. The number of amides is 1. The van der Waals surface area contributed by atoms with Crippen molar-refractivity contribution in [1.82, 2.24) is 10.2 Å². The molecule has 0 aliphatic heterocycles. The quantitative estimate of drug-likeness (QED) is 0.700. The van der Waals surface area contributed by atoms with E-state index >= 15 is 0 Å². The second kappa shape index (κ2) is 7.64. The van der Waals surface area contributed by atoms with Crippen LogP contribution in [-0.4, -0.2) is 54.5 Å². The molecule has 2 aliphatic rings. The highest BCUT2D eigenvalue weighted by molar-refractivity contribution is 5.69. The molecule has 5 nitrogen and oxygen atoms in total. The van der Waals surface area contributed by atoms with Crippen LogP contribution in [-0.2, 0) is 9.47 Å². The van der Waals surface area contributed by atoms with Crippen LogP contribution < -0.4 is 5.32 Å². The number of nitrogens with zero attached hydrogens (tertiary/aromatic N) is 1. The lowest BCUT2D eigenvalue weighted by Crippen LogP contribution is -2.46. The van der Waals surface area contributed by atoms with Crippen LogP contribution in [0, 0.1) is 0 Å². The van der Waals surface area contributed by atoms with Crippen LogP contribution in [0.4, 0.5) is 4.79 Å². The summed E-state index contributed by atoms with van der Waals surface area (Å²) in [7, 11) is 0. The molecule has 0 saturated heterocycles. The second-order valence-corrected chi connectivity index (χ2v) is 7.46. The van der Waals surface area contributed by atoms with Gasteiger partial charge in [0.1, 0.15) is 5.60 Å². The average molecular weight is 312 g/mol. The Hall–Kier alpha value is -0.810. The van der Waals surface area contributed by atoms with Gasteiger partial charge in [-0.1, -0.05) is 0 Å². The van der Waals surface area contributed by atoms with Crippen LogP contribution in [0.3, 0.4) is 0 Å². The zero-order chi connectivity index (χ0) is 16.2. The molecule has 2 rings (SSSR count). The van der Waals surface area contributed by atoms with Crippen molar-refractivity contribution in [3.63, 3.8) is 0 Å². The monoisotopic (exact) mass is 312 g/mol. The molecule has 1 N–H and O–H groups in total. The van der Waals surface area contributed by atoms with Crippen LogP contribution >= 0.6 is 0 Å². The smallest absolute Gasteiger partial charge is 0.410 e. The van der Waals surface area contributed by atoms with Gasteiger partial charge >= 0.3 is 6.09 Å². The number of ether oxygens (including phenoxy) is 2. The fourth-order valence-electron chi connectivity index (χ4n) is 2.79. The lowest BCUT2D eigenvalue weighted by molar-refractivity contribution is -0.00993. The predicted octanol–water partition coefficient (Wildman–Crippen LogP) is 2.93. The summed E-state index contributed by atoms with van der Waals surface area (Å²) >= 11 is 0. The molecule has 0 spiro atoms. The Morgan fingerprint density at radius 2 is 1.95 bits per heavy atom. The Morgan fingerprint density at radius 3 is 2.50 bits per heavy atom. The Morgan fingerprint density at radius 1 is 1.27 bits per heavy atom. The van der Waals surface area contributed by atoms with Crippen molar-refractivity contribution >= 4 is 6.09 Å². The molecule has 2 aliphatic carbocycles. The van der Waals surface area contributed by atoms with E-state index in [2.05, 4.69) is 5.32 Å². The standard InChI is InChI=1S/C17H32N2O3/c1-5-21-15-11-13(12-15)18-9-6-10-19(14-7-8-14)16(20)22-17(2,3)4/h13-15,18H,5-12H2,1-4H3. The van der Waals surface area contributed by atoms with E-state index in [0.29, 0.717) is 18.2 Å². The molecule has 128 valence electrons. The van der Waals surface area contributed by atoms with Crippen LogP contribution in [0.25, 0.3) is 0 Å². The van der Waals surface area contributed by atoms with Crippen molar-refractivity contribution in [1.29, 1.82) is 0 Å². The first-order valence-electron chi connectivity index (χ1n) is 8.73. The van der Waals surface area contributed by atoms with Crippen LogP contribution in [0.1, 0.15) is 59.8 Å². The first-order valence-corrected chi connectivity index (χ1v) is 8.73. The molecular formula is C17H32N2O3. The third-order valence-electron chi connectivity index (χ3n) is 4.12. The zero-order valence-corrected chi connectivity index (χ0v) is 14.6. The van der Waals surface area contributed by atoms with Crippen LogP contribution in [0.5, 0.6) is 0 Å². The first-order chi connectivity index (χ1) is 10.4. The normalized spacial score (nSPS) is 24.7. The lowest BCUT2D eigenvalue weighted by Gasteiger charge is -2.35. The molecule has 0 aromatic heterocycles. The predicted molar refractivity (Wildman–Crippen MR) is 87.0 cm³/mol. The summed E-state index contributed by atoms with van der Waals surface area (Å²) in [5, 5.41) is 3.55. The number of hydrogen-bond acceptors (Lipinski definition) is 4. The minimum absolute atomic E-state index is 0.157. The molecule has 0 radical (unpaired) electrons. The van der Waals surface area contributed by atoms with E-state index in [4.69, 9.17) is 9.47 Å². The number of hydrogen-bond donors (Lipinski definition) is 1. The summed E-state index contributed by atoms with van der Waals surface area (Å²) in [6.07, 6.45) is 5.74. The van der Waals surface area contributed by atoms with Gasteiger partial charge in [0.05, 0.1) is 6.10 Å². The fourth-order valence-corrected chi connectivity index (χ4v) is 2.79. The summed E-state index contributed by atoms with van der Waals surface area (Å²) in [4.78, 5) is 14.1. The van der Waals surface area contributed by atoms with Gasteiger partial charge in [0.25, 0.3) is 0 Å². The number of rotatable bonds is 8. The van der Waals surface area contributed by atoms with Gasteiger partial charge in [0.2, 0.25) is 0 Å². The summed E-state index contributed by atoms with van der Waals surface area (Å²) in [5.74, 6) is 0. The van der Waals surface area contributed by atoms with Gasteiger partial charge in [-0.15, -0.1) is 0 Å². The van der Waals surface area contributed by atoms with Gasteiger partial charge in [-0.2, -0.15) is 0 Å². The van der Waals surface area contributed by atoms with Gasteiger partial charge in [0.15, 0.2) is 0 Å². The summed E-state index contributed by atoms with van der Waals surface area (Å²) < 4.78 is 11.1. The lowest BCUT2D eigenvalue weighted by atomic mass is 9.89. The van der Waals surface area contributed by atoms with E-state index < -0.39 is 5.60 Å². The van der Waals surface area contributed by atoms with E-state index in [9.17, 15) is 4.79 Å². The molecule has 2 fully saturated rings. The molecule has 2 saturated carbocycles. The molecule has 1 amide bonds. The zero-order valence-electron chi connectivity index (χ0n) is 14.6. The number of carbonyl (C=O) groups is 1. The number of nitrogens with one attached hydrogen (secondary N) is 1. The maximum atomic E-state index is 12.2. The summed E-state index contributed by atoms with van der Waals surface area (Å²) in [6, 6.07) is 0.994. The maximum Gasteiger partial charge on any atom is 0.410 e. The summed E-state index contributed by atoms with van der Waals surface area (Å²) in [5.41, 5.74) is -0.414. The highest BCUT2D eigenvalue weighted by Gasteiger charge is 2.35. The van der Waals surface area contributed by atoms with E-state index in [1.165, 1.54) is 0 Å². The maximum absolute atomic E-state index is 12.2. The Kier molecular flexibility index (Phi) is 6.09. The van der Waals surface area contributed by atoms with Gasteiger partial charge in [-0.3, -0.25) is 0 Å². The largest absolute Gasteiger partial charge is 0.444 e. The van der Waals surface area contributed by atoms with Crippen molar-refractivity contribution in [3.8, 4) is 0 Å². The third-order valence-corrected chi connectivity index (χ3v) is 4.12. The average Bonchev–Trinajstić information content (AvgIpc) is 3.17. The topological polar surface area (TPSA) is 50.8 Å². The van der Waals surface area contributed by atoms with Crippen molar-refractivity contribution in [2.24, 2.45) is 0 Å². The molecule has 0 unspecified atom stereocenters. The van der Waals surface area contributed by atoms with Crippen molar-refractivity contribution in [3.05, 3.63) is 0 Å². The van der Waals surface area contributed by atoms with Crippen molar-refractivity contribution < 1.29 is 14.3 Å². The minimum atomic E-state index is -0.414. The Balaban J connectivity index is 1.60. The van der Waals surface area contributed by atoms with E-state index in [1.807, 2.05) is 32.6 Å².